The number of hydrogen-bond acceptors (Lipinski definition) is 4. The molecule has 1 aliphatic rings. The molecule has 6 heteroatoms. The summed E-state index contributed by atoms with van der Waals surface area (Å²) in [5.41, 5.74) is 0.645. The van der Waals surface area contributed by atoms with Crippen LogP contribution >= 0.6 is 15.9 Å². The van der Waals surface area contributed by atoms with Gasteiger partial charge in [0.25, 0.3) is 0 Å². The minimum atomic E-state index is -0.986. The van der Waals surface area contributed by atoms with Gasteiger partial charge in [-0.05, 0) is 43.3 Å². The molecule has 0 saturated carbocycles. The van der Waals surface area contributed by atoms with Gasteiger partial charge in [-0.3, -0.25) is 4.79 Å². The number of carbonyl (C=O) groups excluding carboxylic acids is 1. The summed E-state index contributed by atoms with van der Waals surface area (Å²) in [6.07, 6.45) is 0. The second-order valence-corrected chi connectivity index (χ2v) is 6.70. The lowest BCUT2D eigenvalue weighted by Crippen LogP contribution is -2.41. The van der Waals surface area contributed by atoms with Gasteiger partial charge in [-0.2, -0.15) is 5.01 Å². The molecule has 2 aromatic rings. The molecule has 0 spiro atoms. The Morgan fingerprint density at radius 1 is 1.20 bits per heavy atom. The first-order valence-electron chi connectivity index (χ1n) is 8.01. The van der Waals surface area contributed by atoms with E-state index in [0.717, 1.165) is 21.3 Å². The monoisotopic (exact) mass is 402 g/mol. The maximum Gasteiger partial charge on any atom is 0.243 e. The number of hydrogen-bond donors (Lipinski definition) is 0. The molecule has 3 rings (SSSR count). The first-order chi connectivity index (χ1) is 11.9. The van der Waals surface area contributed by atoms with Crippen LogP contribution in [0.1, 0.15) is 31.9 Å². The van der Waals surface area contributed by atoms with Crippen molar-refractivity contribution in [2.75, 3.05) is 6.61 Å². The van der Waals surface area contributed by atoms with E-state index in [-0.39, 0.29) is 5.91 Å². The SMILES string of the molecule is CCOc1ccc(C2=NN(C(C)=O)C(C)(c3ccc(Br)cc3)O2)cc1. The maximum absolute atomic E-state index is 12.1. The zero-order chi connectivity index (χ0) is 18.0. The van der Waals surface area contributed by atoms with Gasteiger partial charge in [0.05, 0.1) is 6.61 Å². The van der Waals surface area contributed by atoms with E-state index in [2.05, 4.69) is 21.0 Å². The normalized spacial score (nSPS) is 19.4. The molecule has 2 aromatic carbocycles. The standard InChI is InChI=1S/C19H19BrN2O3/c1-4-24-17-11-5-14(6-12-17)18-21-22(13(2)23)19(3,25-18)15-7-9-16(20)10-8-15/h5-12H,4H2,1-3H3. The molecular weight excluding hydrogens is 384 g/mol. The molecule has 1 aliphatic heterocycles. The summed E-state index contributed by atoms with van der Waals surface area (Å²) in [6.45, 7) is 5.86. The first-order valence-corrected chi connectivity index (χ1v) is 8.81. The molecule has 0 fully saturated rings. The van der Waals surface area contributed by atoms with Crippen molar-refractivity contribution in [1.82, 2.24) is 5.01 Å². The lowest BCUT2D eigenvalue weighted by atomic mass is 10.0. The third-order valence-corrected chi connectivity index (χ3v) is 4.51. The zero-order valence-electron chi connectivity index (χ0n) is 14.3. The Balaban J connectivity index is 1.94. The summed E-state index contributed by atoms with van der Waals surface area (Å²) in [7, 11) is 0. The van der Waals surface area contributed by atoms with Crippen LogP contribution in [0.4, 0.5) is 0 Å². The van der Waals surface area contributed by atoms with Gasteiger partial charge in [-0.25, -0.2) is 0 Å². The highest BCUT2D eigenvalue weighted by Gasteiger charge is 2.44. The molecule has 0 radical (unpaired) electrons. The lowest BCUT2D eigenvalue weighted by molar-refractivity contribution is -0.146. The average Bonchev–Trinajstić information content (AvgIpc) is 2.95. The van der Waals surface area contributed by atoms with E-state index < -0.39 is 5.72 Å². The Labute approximate surface area is 155 Å². The average molecular weight is 403 g/mol. The summed E-state index contributed by atoms with van der Waals surface area (Å²) in [5, 5.41) is 5.79. The number of ether oxygens (including phenoxy) is 2. The van der Waals surface area contributed by atoms with Crippen LogP contribution in [-0.2, 0) is 15.3 Å². The smallest absolute Gasteiger partial charge is 0.243 e. The van der Waals surface area contributed by atoms with Crippen molar-refractivity contribution in [2.45, 2.75) is 26.5 Å². The van der Waals surface area contributed by atoms with Gasteiger partial charge < -0.3 is 9.47 Å². The molecule has 130 valence electrons. The fourth-order valence-corrected chi connectivity index (χ4v) is 2.99. The van der Waals surface area contributed by atoms with E-state index in [0.29, 0.717) is 12.5 Å². The minimum Gasteiger partial charge on any atom is -0.494 e. The third-order valence-electron chi connectivity index (χ3n) is 3.98. The van der Waals surface area contributed by atoms with Crippen molar-refractivity contribution < 1.29 is 14.3 Å². The molecule has 25 heavy (non-hydrogen) atoms. The van der Waals surface area contributed by atoms with Gasteiger partial charge in [0, 0.05) is 29.4 Å². The molecule has 0 saturated heterocycles. The summed E-state index contributed by atoms with van der Waals surface area (Å²) in [5.74, 6) is 0.999. The number of amides is 1. The van der Waals surface area contributed by atoms with Crippen molar-refractivity contribution >= 4 is 27.7 Å². The van der Waals surface area contributed by atoms with E-state index in [4.69, 9.17) is 9.47 Å². The van der Waals surface area contributed by atoms with Gasteiger partial charge in [0.15, 0.2) is 0 Å². The number of benzene rings is 2. The zero-order valence-corrected chi connectivity index (χ0v) is 15.9. The maximum atomic E-state index is 12.1. The van der Waals surface area contributed by atoms with Crippen molar-refractivity contribution in [3.8, 4) is 5.75 Å². The number of rotatable bonds is 4. The largest absolute Gasteiger partial charge is 0.494 e. The highest BCUT2D eigenvalue weighted by molar-refractivity contribution is 9.10. The van der Waals surface area contributed by atoms with Gasteiger partial charge in [-0.1, -0.05) is 28.1 Å². The minimum absolute atomic E-state index is 0.189. The summed E-state index contributed by atoms with van der Waals surface area (Å²) in [6, 6.07) is 15.1. The first kappa shape index (κ1) is 17.5. The number of carbonyl (C=O) groups is 1. The Hall–Kier alpha value is -2.34. The second kappa shape index (κ2) is 6.88. The van der Waals surface area contributed by atoms with Crippen LogP contribution in [0.2, 0.25) is 0 Å². The van der Waals surface area contributed by atoms with Gasteiger partial charge >= 0.3 is 0 Å². The predicted octanol–water partition coefficient (Wildman–Crippen LogP) is 4.26. The van der Waals surface area contributed by atoms with E-state index in [1.54, 1.807) is 0 Å². The quantitative estimate of drug-likeness (QED) is 0.767. The van der Waals surface area contributed by atoms with Gasteiger partial charge in [0.2, 0.25) is 17.5 Å². The van der Waals surface area contributed by atoms with E-state index in [1.165, 1.54) is 11.9 Å². The van der Waals surface area contributed by atoms with E-state index in [1.807, 2.05) is 62.4 Å². The van der Waals surface area contributed by atoms with Crippen LogP contribution in [0, 0.1) is 0 Å². The van der Waals surface area contributed by atoms with Crippen molar-refractivity contribution in [3.63, 3.8) is 0 Å². The number of hydrazone groups is 1. The highest BCUT2D eigenvalue weighted by atomic mass is 79.9. The van der Waals surface area contributed by atoms with E-state index >= 15 is 0 Å². The fraction of sp³-hybridized carbons (Fsp3) is 0.263. The molecule has 1 heterocycles. The Morgan fingerprint density at radius 2 is 1.84 bits per heavy atom. The summed E-state index contributed by atoms with van der Waals surface area (Å²) in [4.78, 5) is 12.1. The molecule has 0 bridgehead atoms. The molecular formula is C19H19BrN2O3. The Kier molecular flexibility index (Phi) is 4.81. The van der Waals surface area contributed by atoms with Crippen molar-refractivity contribution in [1.29, 1.82) is 0 Å². The third kappa shape index (κ3) is 3.39. The molecule has 0 aliphatic carbocycles. The Bertz CT molecular complexity index is 802. The van der Waals surface area contributed by atoms with Crippen LogP contribution < -0.4 is 4.74 Å². The van der Waals surface area contributed by atoms with Crippen LogP contribution in [0.15, 0.2) is 58.1 Å². The molecule has 1 atom stereocenters. The second-order valence-electron chi connectivity index (χ2n) is 5.79. The molecule has 0 N–H and O–H groups in total. The number of nitrogens with zero attached hydrogens (tertiary/aromatic N) is 2. The van der Waals surface area contributed by atoms with Crippen molar-refractivity contribution in [2.24, 2.45) is 5.10 Å². The van der Waals surface area contributed by atoms with Crippen LogP contribution in [0.25, 0.3) is 0 Å². The summed E-state index contributed by atoms with van der Waals surface area (Å²) >= 11 is 3.42. The molecule has 0 aromatic heterocycles. The van der Waals surface area contributed by atoms with Crippen LogP contribution in [-0.4, -0.2) is 23.4 Å². The molecule has 1 unspecified atom stereocenters. The van der Waals surface area contributed by atoms with Crippen LogP contribution in [0.3, 0.4) is 0 Å². The fourth-order valence-electron chi connectivity index (χ4n) is 2.73. The van der Waals surface area contributed by atoms with Gasteiger partial charge in [0.1, 0.15) is 5.75 Å². The highest BCUT2D eigenvalue weighted by Crippen LogP contribution is 2.37. The number of halogens is 1. The van der Waals surface area contributed by atoms with E-state index in [9.17, 15) is 4.79 Å². The van der Waals surface area contributed by atoms with Crippen molar-refractivity contribution in [3.05, 3.63) is 64.1 Å². The molecule has 1 amide bonds. The predicted molar refractivity (Wildman–Crippen MR) is 99.2 cm³/mol. The van der Waals surface area contributed by atoms with Gasteiger partial charge in [-0.15, -0.1) is 5.10 Å². The topological polar surface area (TPSA) is 51.1 Å². The Morgan fingerprint density at radius 3 is 2.40 bits per heavy atom. The lowest BCUT2D eigenvalue weighted by Gasteiger charge is -2.31. The molecule has 5 nitrogen and oxygen atoms in total. The summed E-state index contributed by atoms with van der Waals surface area (Å²) < 4.78 is 12.5. The van der Waals surface area contributed by atoms with Crippen LogP contribution in [0.5, 0.6) is 5.75 Å².